The molecule has 0 N–H and O–H groups in total. The predicted molar refractivity (Wildman–Crippen MR) is 112 cm³/mol. The molecule has 7 nitrogen and oxygen atoms in total. The Labute approximate surface area is 177 Å². The number of carbonyl (C=O) groups is 1. The third-order valence-electron chi connectivity index (χ3n) is 4.77. The van der Waals surface area contributed by atoms with Gasteiger partial charge in [-0.15, -0.1) is 21.5 Å². The lowest BCUT2D eigenvalue weighted by molar-refractivity contribution is -0.129. The first-order valence-corrected chi connectivity index (χ1v) is 11.1. The molecule has 1 aliphatic rings. The Bertz CT molecular complexity index is 952. The molecule has 1 aromatic carbocycles. The average molecular weight is 432 g/mol. The van der Waals surface area contributed by atoms with Gasteiger partial charge in [0.1, 0.15) is 11.5 Å². The normalized spacial score (nSPS) is 16.2. The lowest BCUT2D eigenvalue weighted by atomic mass is 10.2. The molecule has 29 heavy (non-hydrogen) atoms. The van der Waals surface area contributed by atoms with Crippen molar-refractivity contribution in [2.45, 2.75) is 24.1 Å². The van der Waals surface area contributed by atoms with Gasteiger partial charge in [0, 0.05) is 23.1 Å². The number of hydrogen-bond acceptors (Lipinski definition) is 8. The summed E-state index contributed by atoms with van der Waals surface area (Å²) in [6.07, 6.45) is 2.04. The number of aromatic nitrogens is 2. The number of thiophene rings is 1. The maximum absolute atomic E-state index is 12.8. The molecule has 0 bridgehead atoms. The number of thioether (sulfide) groups is 1. The third-order valence-corrected chi connectivity index (χ3v) is 6.55. The van der Waals surface area contributed by atoms with Crippen molar-refractivity contribution in [3.8, 4) is 23.0 Å². The summed E-state index contributed by atoms with van der Waals surface area (Å²) in [5.41, 5.74) is 0.698. The second kappa shape index (κ2) is 8.87. The average Bonchev–Trinajstić information content (AvgIpc) is 3.52. The zero-order valence-electron chi connectivity index (χ0n) is 16.2. The fraction of sp³-hybridized carbons (Fsp3) is 0.350. The SMILES string of the molecule is COc1cc(OC)cc(-c2nnc(SCC(=O)N3CCCC3c3cccs3)o2)c1. The Hall–Kier alpha value is -2.52. The molecule has 1 atom stereocenters. The van der Waals surface area contributed by atoms with Gasteiger partial charge in [0.05, 0.1) is 26.0 Å². The molecule has 4 rings (SSSR count). The van der Waals surface area contributed by atoms with Gasteiger partial charge in [-0.2, -0.15) is 0 Å². The van der Waals surface area contributed by atoms with E-state index >= 15 is 0 Å². The van der Waals surface area contributed by atoms with Crippen LogP contribution in [0.2, 0.25) is 0 Å². The van der Waals surface area contributed by atoms with Crippen LogP contribution in [0.15, 0.2) is 45.4 Å². The van der Waals surface area contributed by atoms with E-state index in [0.29, 0.717) is 28.2 Å². The van der Waals surface area contributed by atoms with Crippen LogP contribution in [0.25, 0.3) is 11.5 Å². The molecule has 3 heterocycles. The van der Waals surface area contributed by atoms with E-state index in [-0.39, 0.29) is 17.7 Å². The van der Waals surface area contributed by atoms with Crippen LogP contribution in [-0.2, 0) is 4.79 Å². The Morgan fingerprint density at radius 3 is 2.76 bits per heavy atom. The highest BCUT2D eigenvalue weighted by Gasteiger charge is 2.30. The van der Waals surface area contributed by atoms with Crippen molar-refractivity contribution in [3.05, 3.63) is 40.6 Å². The second-order valence-electron chi connectivity index (χ2n) is 6.52. The van der Waals surface area contributed by atoms with E-state index < -0.39 is 0 Å². The van der Waals surface area contributed by atoms with Crippen LogP contribution in [0.3, 0.4) is 0 Å². The van der Waals surface area contributed by atoms with Crippen molar-refractivity contribution in [3.63, 3.8) is 0 Å². The molecule has 1 amide bonds. The summed E-state index contributed by atoms with van der Waals surface area (Å²) >= 11 is 2.96. The molecule has 1 unspecified atom stereocenters. The maximum atomic E-state index is 12.8. The summed E-state index contributed by atoms with van der Waals surface area (Å²) in [4.78, 5) is 16.0. The van der Waals surface area contributed by atoms with Crippen molar-refractivity contribution >= 4 is 29.0 Å². The topological polar surface area (TPSA) is 77.7 Å². The standard InChI is InChI=1S/C20H21N3O4S2/c1-25-14-9-13(10-15(11-14)26-2)19-21-22-20(27-19)29-12-18(24)23-7-3-5-16(23)17-6-4-8-28-17/h4,6,8-11,16H,3,5,7,12H2,1-2H3. The number of nitrogens with zero attached hydrogens (tertiary/aromatic N) is 3. The van der Waals surface area contributed by atoms with E-state index in [4.69, 9.17) is 13.9 Å². The van der Waals surface area contributed by atoms with E-state index in [0.717, 1.165) is 19.4 Å². The van der Waals surface area contributed by atoms with Gasteiger partial charge in [-0.05, 0) is 36.4 Å². The molecule has 1 aliphatic heterocycles. The van der Waals surface area contributed by atoms with E-state index in [2.05, 4.69) is 21.6 Å². The number of likely N-dealkylation sites (tertiary alicyclic amines) is 1. The molecule has 3 aromatic rings. The number of ether oxygens (including phenoxy) is 2. The third kappa shape index (κ3) is 4.40. The van der Waals surface area contributed by atoms with Crippen LogP contribution in [0.4, 0.5) is 0 Å². The fourth-order valence-corrected chi connectivity index (χ4v) is 4.89. The van der Waals surface area contributed by atoms with Crippen LogP contribution >= 0.6 is 23.1 Å². The highest BCUT2D eigenvalue weighted by molar-refractivity contribution is 7.99. The second-order valence-corrected chi connectivity index (χ2v) is 8.43. The molecule has 0 radical (unpaired) electrons. The molecular formula is C20H21N3O4S2. The van der Waals surface area contributed by atoms with Crippen LogP contribution < -0.4 is 9.47 Å². The van der Waals surface area contributed by atoms with Crippen molar-refractivity contribution in [1.29, 1.82) is 0 Å². The smallest absolute Gasteiger partial charge is 0.277 e. The summed E-state index contributed by atoms with van der Waals surface area (Å²) in [5, 5.41) is 10.6. The predicted octanol–water partition coefficient (Wildman–Crippen LogP) is 4.27. The van der Waals surface area contributed by atoms with Gasteiger partial charge in [0.2, 0.25) is 11.8 Å². The Morgan fingerprint density at radius 2 is 2.07 bits per heavy atom. The first-order chi connectivity index (χ1) is 14.2. The minimum absolute atomic E-state index is 0.0914. The minimum Gasteiger partial charge on any atom is -0.497 e. The first-order valence-electron chi connectivity index (χ1n) is 9.20. The number of benzene rings is 1. The molecular weight excluding hydrogens is 410 g/mol. The number of hydrogen-bond donors (Lipinski definition) is 0. The van der Waals surface area contributed by atoms with E-state index in [1.165, 1.54) is 16.6 Å². The zero-order valence-corrected chi connectivity index (χ0v) is 17.8. The van der Waals surface area contributed by atoms with Crippen molar-refractivity contribution < 1.29 is 18.7 Å². The van der Waals surface area contributed by atoms with Crippen LogP contribution in [0.5, 0.6) is 11.5 Å². The Kier molecular flexibility index (Phi) is 6.05. The van der Waals surface area contributed by atoms with Gasteiger partial charge in [-0.25, -0.2) is 0 Å². The number of amides is 1. The Balaban J connectivity index is 1.41. The molecule has 1 fully saturated rings. The highest BCUT2D eigenvalue weighted by Crippen LogP contribution is 2.35. The van der Waals surface area contributed by atoms with Crippen LogP contribution in [-0.4, -0.2) is 47.5 Å². The van der Waals surface area contributed by atoms with Crippen LogP contribution in [0.1, 0.15) is 23.8 Å². The van der Waals surface area contributed by atoms with Crippen molar-refractivity contribution in [2.75, 3.05) is 26.5 Å². The Morgan fingerprint density at radius 1 is 1.28 bits per heavy atom. The van der Waals surface area contributed by atoms with Crippen LogP contribution in [0, 0.1) is 0 Å². The van der Waals surface area contributed by atoms with E-state index in [9.17, 15) is 4.79 Å². The quantitative estimate of drug-likeness (QED) is 0.517. The minimum atomic E-state index is 0.0914. The van der Waals surface area contributed by atoms with E-state index in [1.54, 1.807) is 43.8 Å². The van der Waals surface area contributed by atoms with Crippen molar-refractivity contribution in [2.24, 2.45) is 0 Å². The summed E-state index contributed by atoms with van der Waals surface area (Å²) < 4.78 is 16.3. The summed E-state index contributed by atoms with van der Waals surface area (Å²) in [6, 6.07) is 9.68. The molecule has 0 aliphatic carbocycles. The molecule has 152 valence electrons. The van der Waals surface area contributed by atoms with Gasteiger partial charge in [0.25, 0.3) is 5.22 Å². The van der Waals surface area contributed by atoms with Gasteiger partial charge >= 0.3 is 0 Å². The van der Waals surface area contributed by atoms with Gasteiger partial charge in [-0.3, -0.25) is 4.79 Å². The summed E-state index contributed by atoms with van der Waals surface area (Å²) in [6.45, 7) is 0.792. The molecule has 0 saturated carbocycles. The van der Waals surface area contributed by atoms with E-state index in [1.807, 2.05) is 11.0 Å². The van der Waals surface area contributed by atoms with Gasteiger partial charge in [0.15, 0.2) is 0 Å². The maximum Gasteiger partial charge on any atom is 0.277 e. The number of carbonyl (C=O) groups excluding carboxylic acids is 1. The molecule has 1 saturated heterocycles. The summed E-state index contributed by atoms with van der Waals surface area (Å²) in [5.74, 6) is 1.99. The molecule has 9 heteroatoms. The molecule has 2 aromatic heterocycles. The zero-order chi connectivity index (χ0) is 20.2. The van der Waals surface area contributed by atoms with Gasteiger partial charge in [-0.1, -0.05) is 17.8 Å². The first kappa shape index (κ1) is 19.8. The van der Waals surface area contributed by atoms with Gasteiger partial charge < -0.3 is 18.8 Å². The lowest BCUT2D eigenvalue weighted by Crippen LogP contribution is -2.31. The summed E-state index contributed by atoms with van der Waals surface area (Å²) in [7, 11) is 3.17. The van der Waals surface area contributed by atoms with Crippen molar-refractivity contribution in [1.82, 2.24) is 15.1 Å². The largest absolute Gasteiger partial charge is 0.497 e. The monoisotopic (exact) mass is 431 g/mol. The lowest BCUT2D eigenvalue weighted by Gasteiger charge is -2.23. The number of methoxy groups -OCH3 is 2. The highest BCUT2D eigenvalue weighted by atomic mass is 32.2. The number of rotatable bonds is 7. The molecule has 0 spiro atoms. The fourth-order valence-electron chi connectivity index (χ4n) is 3.36.